The van der Waals surface area contributed by atoms with E-state index in [-0.39, 0.29) is 0 Å². The van der Waals surface area contributed by atoms with Crippen LogP contribution in [0.15, 0.2) is 47.5 Å². The molecule has 0 unspecified atom stereocenters. The number of H-pyrrole nitrogens is 1. The highest BCUT2D eigenvalue weighted by molar-refractivity contribution is 6.09. The fourth-order valence-electron chi connectivity index (χ4n) is 2.97. The molecule has 0 radical (unpaired) electrons. The molecule has 1 aromatic carbocycles. The predicted octanol–water partition coefficient (Wildman–Crippen LogP) is 3.34. The number of aryl methyl sites for hydroxylation is 1. The quantitative estimate of drug-likeness (QED) is 0.503. The number of hydrogen-bond acceptors (Lipinski definition) is 4. The van der Waals surface area contributed by atoms with Crippen LogP contribution in [0, 0.1) is 0 Å². The molecule has 3 rings (SSSR count). The van der Waals surface area contributed by atoms with E-state index in [2.05, 4.69) is 4.98 Å². The summed E-state index contributed by atoms with van der Waals surface area (Å²) in [5, 5.41) is 0.694. The van der Waals surface area contributed by atoms with Crippen LogP contribution < -0.4 is 5.56 Å². The van der Waals surface area contributed by atoms with E-state index in [1.807, 2.05) is 19.1 Å². The molecule has 0 saturated carbocycles. The van der Waals surface area contributed by atoms with E-state index in [9.17, 15) is 27.6 Å². The van der Waals surface area contributed by atoms with Crippen molar-refractivity contribution in [3.8, 4) is 0 Å². The average Bonchev–Trinajstić information content (AvgIpc) is 3.11. The largest absolute Gasteiger partial charge is 0.456 e. The second-order valence-corrected chi connectivity index (χ2v) is 6.36. The molecule has 2 heterocycles. The Kier molecular flexibility index (Phi) is 5.58. The van der Waals surface area contributed by atoms with Gasteiger partial charge in [0.05, 0.1) is 5.56 Å². The van der Waals surface area contributed by atoms with Gasteiger partial charge in [-0.05, 0) is 18.1 Å². The number of carbonyl (C=O) groups is 2. The van der Waals surface area contributed by atoms with Crippen LogP contribution >= 0.6 is 0 Å². The number of benzene rings is 1. The molecule has 1 N–H and O–H groups in total. The van der Waals surface area contributed by atoms with E-state index in [0.717, 1.165) is 23.6 Å². The highest BCUT2D eigenvalue weighted by Gasteiger charge is 2.31. The predicted molar refractivity (Wildman–Crippen MR) is 98.7 cm³/mol. The number of nitrogens with one attached hydrogen (secondary N) is 1. The molecule has 6 nitrogen and oxygen atoms in total. The zero-order valence-corrected chi connectivity index (χ0v) is 15.4. The number of nitrogens with zero attached hydrogens (tertiary/aromatic N) is 1. The second kappa shape index (κ2) is 7.94. The Morgan fingerprint density at radius 3 is 2.62 bits per heavy atom. The lowest BCUT2D eigenvalue weighted by atomic mass is 10.1. The first-order chi connectivity index (χ1) is 13.7. The van der Waals surface area contributed by atoms with Gasteiger partial charge in [0.1, 0.15) is 6.54 Å². The summed E-state index contributed by atoms with van der Waals surface area (Å²) in [5.74, 6) is -1.46. The van der Waals surface area contributed by atoms with Crippen molar-refractivity contribution in [1.82, 2.24) is 9.55 Å². The molecule has 0 spiro atoms. The number of ether oxygens (including phenoxy) is 1. The standard InChI is InChI=1S/C20H17F3N2O4/c1-2-12-4-3-5-14-15(8-24-19(12)14)16(26)11-29-18(28)10-25-9-13(20(21,22)23)6-7-17(25)27/h3-9,24H,2,10-11H2,1H3. The van der Waals surface area contributed by atoms with Gasteiger partial charge in [-0.2, -0.15) is 13.2 Å². The molecule has 0 aliphatic rings. The first kappa shape index (κ1) is 20.4. The number of halogens is 3. The topological polar surface area (TPSA) is 81.2 Å². The fourth-order valence-corrected chi connectivity index (χ4v) is 2.97. The third-order valence-electron chi connectivity index (χ3n) is 4.46. The molecular formula is C20H17F3N2O4. The molecule has 0 amide bonds. The minimum Gasteiger partial charge on any atom is -0.456 e. The van der Waals surface area contributed by atoms with E-state index < -0.39 is 42.2 Å². The van der Waals surface area contributed by atoms with Crippen molar-refractivity contribution in [2.45, 2.75) is 26.1 Å². The van der Waals surface area contributed by atoms with E-state index in [4.69, 9.17) is 4.74 Å². The van der Waals surface area contributed by atoms with Crippen molar-refractivity contribution in [1.29, 1.82) is 0 Å². The Morgan fingerprint density at radius 1 is 1.17 bits per heavy atom. The van der Waals surface area contributed by atoms with Gasteiger partial charge < -0.3 is 14.3 Å². The van der Waals surface area contributed by atoms with Crippen molar-refractivity contribution in [3.05, 3.63) is 69.8 Å². The van der Waals surface area contributed by atoms with Gasteiger partial charge in [-0.3, -0.25) is 14.4 Å². The zero-order chi connectivity index (χ0) is 21.2. The van der Waals surface area contributed by atoms with Gasteiger partial charge in [0.15, 0.2) is 6.61 Å². The summed E-state index contributed by atoms with van der Waals surface area (Å²) in [7, 11) is 0. The first-order valence-electron chi connectivity index (χ1n) is 8.76. The maximum Gasteiger partial charge on any atom is 0.417 e. The summed E-state index contributed by atoms with van der Waals surface area (Å²) in [5.41, 5.74) is 0.346. The van der Waals surface area contributed by atoms with Crippen LogP contribution in [0.1, 0.15) is 28.4 Å². The smallest absolute Gasteiger partial charge is 0.417 e. The number of ketones is 1. The summed E-state index contributed by atoms with van der Waals surface area (Å²) in [6.07, 6.45) is -1.82. The van der Waals surface area contributed by atoms with Gasteiger partial charge in [-0.15, -0.1) is 0 Å². The molecule has 0 bridgehead atoms. The first-order valence-corrected chi connectivity index (χ1v) is 8.76. The van der Waals surface area contributed by atoms with Crippen molar-refractivity contribution in [2.24, 2.45) is 0 Å². The minimum atomic E-state index is -4.65. The third kappa shape index (κ3) is 4.39. The maximum absolute atomic E-state index is 12.8. The van der Waals surface area contributed by atoms with Crippen LogP contribution in [0.5, 0.6) is 0 Å². The lowest BCUT2D eigenvalue weighted by molar-refractivity contribution is -0.144. The van der Waals surface area contributed by atoms with Crippen LogP contribution in [-0.4, -0.2) is 27.9 Å². The summed E-state index contributed by atoms with van der Waals surface area (Å²) in [4.78, 5) is 39.1. The summed E-state index contributed by atoms with van der Waals surface area (Å²) < 4.78 is 43.7. The Morgan fingerprint density at radius 2 is 1.93 bits per heavy atom. The molecule has 152 valence electrons. The average molecular weight is 406 g/mol. The Labute approximate surface area is 162 Å². The Bertz CT molecular complexity index is 1130. The monoisotopic (exact) mass is 406 g/mol. The number of pyridine rings is 1. The van der Waals surface area contributed by atoms with E-state index in [0.29, 0.717) is 27.8 Å². The molecule has 0 saturated heterocycles. The third-order valence-corrected chi connectivity index (χ3v) is 4.46. The lowest BCUT2D eigenvalue weighted by Crippen LogP contribution is -2.27. The van der Waals surface area contributed by atoms with Gasteiger partial charge in [-0.25, -0.2) is 0 Å². The van der Waals surface area contributed by atoms with Crippen LogP contribution in [0.2, 0.25) is 0 Å². The van der Waals surface area contributed by atoms with E-state index in [1.165, 1.54) is 6.20 Å². The number of aromatic nitrogens is 2. The van der Waals surface area contributed by atoms with E-state index in [1.54, 1.807) is 6.07 Å². The number of aromatic amines is 1. The summed E-state index contributed by atoms with van der Waals surface area (Å²) >= 11 is 0. The maximum atomic E-state index is 12.8. The van der Waals surface area contributed by atoms with Crippen LogP contribution in [0.4, 0.5) is 13.2 Å². The normalized spacial score (nSPS) is 11.6. The van der Waals surface area contributed by atoms with Crippen LogP contribution in [-0.2, 0) is 28.7 Å². The van der Waals surface area contributed by atoms with Gasteiger partial charge >= 0.3 is 12.1 Å². The fraction of sp³-hybridized carbons (Fsp3) is 0.250. The number of carbonyl (C=O) groups excluding carboxylic acids is 2. The van der Waals surface area contributed by atoms with E-state index >= 15 is 0 Å². The molecular weight excluding hydrogens is 389 g/mol. The van der Waals surface area contributed by atoms with Gasteiger partial charge in [-0.1, -0.05) is 25.1 Å². The molecule has 0 aliphatic heterocycles. The highest BCUT2D eigenvalue weighted by Crippen LogP contribution is 2.28. The highest BCUT2D eigenvalue weighted by atomic mass is 19.4. The van der Waals surface area contributed by atoms with Gasteiger partial charge in [0.2, 0.25) is 5.78 Å². The number of esters is 1. The number of Topliss-reactive ketones (excluding diaryl/α,β-unsaturated/α-hetero) is 1. The molecule has 9 heteroatoms. The number of rotatable bonds is 6. The molecule has 29 heavy (non-hydrogen) atoms. The lowest BCUT2D eigenvalue weighted by Gasteiger charge is -2.10. The minimum absolute atomic E-state index is 0.347. The van der Waals surface area contributed by atoms with Crippen molar-refractivity contribution >= 4 is 22.7 Å². The summed E-state index contributed by atoms with van der Waals surface area (Å²) in [6.45, 7) is 0.661. The molecule has 0 fully saturated rings. The molecule has 3 aromatic rings. The van der Waals surface area contributed by atoms with Crippen molar-refractivity contribution in [3.63, 3.8) is 0 Å². The number of fused-ring (bicyclic) bond motifs is 1. The Balaban J connectivity index is 1.69. The number of para-hydroxylation sites is 1. The van der Waals surface area contributed by atoms with Crippen molar-refractivity contribution < 1.29 is 27.5 Å². The SMILES string of the molecule is CCc1cccc2c(C(=O)COC(=O)Cn3cc(C(F)(F)F)ccc3=O)c[nH]c12. The molecule has 0 atom stereocenters. The van der Waals surface area contributed by atoms with Crippen LogP contribution in [0.25, 0.3) is 10.9 Å². The van der Waals surface area contributed by atoms with Crippen molar-refractivity contribution in [2.75, 3.05) is 6.61 Å². The number of hydrogen-bond donors (Lipinski definition) is 1. The van der Waals surface area contributed by atoms with Crippen LogP contribution in [0.3, 0.4) is 0 Å². The zero-order valence-electron chi connectivity index (χ0n) is 15.4. The second-order valence-electron chi connectivity index (χ2n) is 6.36. The Hall–Kier alpha value is -3.36. The summed E-state index contributed by atoms with van der Waals surface area (Å²) in [6, 6.07) is 6.87. The molecule has 2 aromatic heterocycles. The van der Waals surface area contributed by atoms with Gasteiger partial charge in [0, 0.05) is 34.9 Å². The number of alkyl halides is 3. The molecule has 0 aliphatic carbocycles. The van der Waals surface area contributed by atoms with Gasteiger partial charge in [0.25, 0.3) is 5.56 Å².